The van der Waals surface area contributed by atoms with Gasteiger partial charge in [0.1, 0.15) is 0 Å². The molecule has 29 heavy (non-hydrogen) atoms. The van der Waals surface area contributed by atoms with Crippen LogP contribution >= 0.6 is 11.3 Å². The minimum Gasteiger partial charge on any atom is -0.256 e. The van der Waals surface area contributed by atoms with Gasteiger partial charge in [-0.05, 0) is 41.6 Å². The molecule has 0 N–H and O–H groups in total. The van der Waals surface area contributed by atoms with Gasteiger partial charge in [0.2, 0.25) is 0 Å². The third kappa shape index (κ3) is 3.14. The third-order valence-electron chi connectivity index (χ3n) is 5.54. The van der Waals surface area contributed by atoms with Crippen LogP contribution in [0.1, 0.15) is 32.2 Å². The fraction of sp³-hybridized carbons (Fsp3) is 0.148. The summed E-state index contributed by atoms with van der Waals surface area (Å²) in [7, 11) is 0. The van der Waals surface area contributed by atoms with Crippen LogP contribution < -0.4 is 0 Å². The number of aromatic nitrogens is 1. The lowest BCUT2D eigenvalue weighted by Gasteiger charge is -2.12. The van der Waals surface area contributed by atoms with Gasteiger partial charge in [0, 0.05) is 38.9 Å². The van der Waals surface area contributed by atoms with Gasteiger partial charge in [-0.2, -0.15) is 0 Å². The summed E-state index contributed by atoms with van der Waals surface area (Å²) in [6, 6.07) is 25.7. The highest BCUT2D eigenvalue weighted by Gasteiger charge is 2.11. The van der Waals surface area contributed by atoms with Crippen molar-refractivity contribution in [3.63, 3.8) is 0 Å². The number of rotatable bonds is 3. The molecule has 0 aliphatic rings. The molecule has 0 amide bonds. The van der Waals surface area contributed by atoms with Gasteiger partial charge >= 0.3 is 0 Å². The van der Waals surface area contributed by atoms with E-state index in [1.54, 1.807) is 0 Å². The van der Waals surface area contributed by atoms with Crippen LogP contribution in [0.5, 0.6) is 0 Å². The van der Waals surface area contributed by atoms with Gasteiger partial charge in [0.15, 0.2) is 0 Å². The number of fused-ring (bicyclic) bond motifs is 3. The second kappa shape index (κ2) is 7.13. The Labute approximate surface area is 177 Å². The van der Waals surface area contributed by atoms with Crippen LogP contribution in [0.25, 0.3) is 42.6 Å². The van der Waals surface area contributed by atoms with Crippen LogP contribution in [0.4, 0.5) is 0 Å². The molecule has 0 aliphatic carbocycles. The van der Waals surface area contributed by atoms with Crippen molar-refractivity contribution in [2.24, 2.45) is 0 Å². The van der Waals surface area contributed by atoms with Crippen LogP contribution in [-0.4, -0.2) is 4.98 Å². The molecule has 0 bridgehead atoms. The van der Waals surface area contributed by atoms with Crippen LogP contribution in [0, 0.1) is 6.92 Å². The molecule has 0 radical (unpaired) electrons. The average Bonchev–Trinajstić information content (AvgIpc) is 3.12. The number of pyridine rings is 1. The predicted molar refractivity (Wildman–Crippen MR) is 127 cm³/mol. The number of hydrogen-bond acceptors (Lipinski definition) is 2. The Balaban J connectivity index is 1.55. The van der Waals surface area contributed by atoms with E-state index in [1.807, 2.05) is 31.4 Å². The van der Waals surface area contributed by atoms with E-state index >= 15 is 0 Å². The van der Waals surface area contributed by atoms with Gasteiger partial charge in [-0.1, -0.05) is 74.5 Å². The molecule has 2 heterocycles. The number of hydrogen-bond donors (Lipinski definition) is 0. The molecular weight excluding hydrogens is 370 g/mol. The maximum Gasteiger partial charge on any atom is 0.0716 e. The van der Waals surface area contributed by atoms with Crippen LogP contribution in [0.15, 0.2) is 79.0 Å². The molecule has 2 aromatic heterocycles. The first-order valence-corrected chi connectivity index (χ1v) is 10.7. The van der Waals surface area contributed by atoms with Crippen molar-refractivity contribution in [2.45, 2.75) is 26.7 Å². The van der Waals surface area contributed by atoms with Gasteiger partial charge in [0.25, 0.3) is 0 Å². The molecule has 1 nitrogen and oxygen atoms in total. The number of nitrogens with zero attached hydrogens (tertiary/aromatic N) is 1. The fourth-order valence-corrected chi connectivity index (χ4v) is 5.30. The van der Waals surface area contributed by atoms with Gasteiger partial charge in [-0.25, -0.2) is 0 Å². The van der Waals surface area contributed by atoms with Crippen molar-refractivity contribution < 1.29 is 1.37 Å². The van der Waals surface area contributed by atoms with Crippen molar-refractivity contribution in [3.05, 3.63) is 90.1 Å². The van der Waals surface area contributed by atoms with E-state index in [9.17, 15) is 0 Å². The highest BCUT2D eigenvalue weighted by atomic mass is 32.1. The summed E-state index contributed by atoms with van der Waals surface area (Å²) in [6.45, 7) is 5.94. The second-order valence-corrected chi connectivity index (χ2v) is 8.79. The molecule has 0 spiro atoms. The minimum absolute atomic E-state index is 0.590. The van der Waals surface area contributed by atoms with E-state index in [0.29, 0.717) is 0 Å². The monoisotopic (exact) mass is 394 g/mol. The van der Waals surface area contributed by atoms with E-state index in [4.69, 9.17) is 6.35 Å². The van der Waals surface area contributed by atoms with Gasteiger partial charge in [-0.15, -0.1) is 11.3 Å². The zero-order chi connectivity index (χ0) is 20.9. The van der Waals surface area contributed by atoms with Crippen molar-refractivity contribution in [3.8, 4) is 22.4 Å². The number of benzene rings is 3. The van der Waals surface area contributed by atoms with E-state index < -0.39 is 5.89 Å². The van der Waals surface area contributed by atoms with E-state index in [-0.39, 0.29) is 0 Å². The highest BCUT2D eigenvalue weighted by Crippen LogP contribution is 2.39. The minimum atomic E-state index is -0.590. The molecule has 5 rings (SSSR count). The summed E-state index contributed by atoms with van der Waals surface area (Å²) in [5, 5.41) is 2.60. The molecule has 0 atom stereocenters. The molecule has 0 unspecified atom stereocenters. The number of aryl methyl sites for hydroxylation is 1. The molecule has 142 valence electrons. The first-order chi connectivity index (χ1) is 14.4. The predicted octanol–water partition coefficient (Wildman–Crippen LogP) is 8.22. The maximum absolute atomic E-state index is 8.31. The largest absolute Gasteiger partial charge is 0.256 e. The van der Waals surface area contributed by atoms with Crippen molar-refractivity contribution in [1.82, 2.24) is 4.98 Å². The Hall–Kier alpha value is -2.97. The molecule has 2 heteroatoms. The Morgan fingerprint density at radius 3 is 2.41 bits per heavy atom. The lowest BCUT2D eigenvalue weighted by molar-refractivity contribution is 0.857. The zero-order valence-electron chi connectivity index (χ0n) is 17.9. The average molecular weight is 395 g/mol. The second-order valence-electron chi connectivity index (χ2n) is 7.74. The Bertz CT molecular complexity index is 1370. The summed E-state index contributed by atoms with van der Waals surface area (Å²) in [6.07, 6.45) is 1.96. The Morgan fingerprint density at radius 1 is 0.862 bits per heavy atom. The third-order valence-corrected chi connectivity index (χ3v) is 6.76. The lowest BCUT2D eigenvalue weighted by Crippen LogP contribution is -1.92. The standard InChI is InChI=1S/C27H23NS/c1-17(2)21-13-11-19(15-18(21)3)20-12-14-25(28-16-20)24-9-6-8-23-22-7-4-5-10-26(22)29-27(23)24/h4-17H,1-3H3/i17D. The fourth-order valence-electron chi connectivity index (χ4n) is 4.08. The lowest BCUT2D eigenvalue weighted by atomic mass is 9.94. The van der Waals surface area contributed by atoms with Gasteiger partial charge in [-0.3, -0.25) is 4.98 Å². The molecule has 0 aliphatic heterocycles. The molecular formula is C27H23NS. The van der Waals surface area contributed by atoms with Crippen LogP contribution in [-0.2, 0) is 0 Å². The van der Waals surface area contributed by atoms with Crippen molar-refractivity contribution >= 4 is 31.5 Å². The highest BCUT2D eigenvalue weighted by molar-refractivity contribution is 7.26. The van der Waals surface area contributed by atoms with E-state index in [0.717, 1.165) is 27.9 Å². The molecule has 3 aromatic carbocycles. The van der Waals surface area contributed by atoms with Gasteiger partial charge < -0.3 is 0 Å². The quantitative estimate of drug-likeness (QED) is 0.300. The van der Waals surface area contributed by atoms with Crippen molar-refractivity contribution in [2.75, 3.05) is 0 Å². The van der Waals surface area contributed by atoms with E-state index in [2.05, 4.69) is 79.7 Å². The Kier molecular flexibility index (Phi) is 4.16. The maximum atomic E-state index is 8.31. The first kappa shape index (κ1) is 16.9. The van der Waals surface area contributed by atoms with Crippen LogP contribution in [0.3, 0.4) is 0 Å². The summed E-state index contributed by atoms with van der Waals surface area (Å²) in [5.74, 6) is -0.590. The summed E-state index contributed by atoms with van der Waals surface area (Å²) in [4.78, 5) is 4.82. The van der Waals surface area contributed by atoms with E-state index in [1.165, 1.54) is 25.7 Å². The zero-order valence-corrected chi connectivity index (χ0v) is 17.7. The molecule has 5 aromatic rings. The smallest absolute Gasteiger partial charge is 0.0716 e. The van der Waals surface area contributed by atoms with Crippen molar-refractivity contribution in [1.29, 1.82) is 0 Å². The summed E-state index contributed by atoms with van der Waals surface area (Å²) >= 11 is 1.83. The van der Waals surface area contributed by atoms with Gasteiger partial charge in [0.05, 0.1) is 5.69 Å². The SMILES string of the molecule is [2H]C(C)(C)c1ccc(-c2ccc(-c3cccc4c3sc3ccccc34)nc2)cc1C. The molecule has 0 saturated carbocycles. The topological polar surface area (TPSA) is 12.9 Å². The molecule has 0 fully saturated rings. The summed E-state index contributed by atoms with van der Waals surface area (Å²) < 4.78 is 10.9. The first-order valence-electron chi connectivity index (χ1n) is 10.4. The normalized spacial score (nSPS) is 12.4. The summed E-state index contributed by atoms with van der Waals surface area (Å²) in [5.41, 5.74) is 6.62. The number of thiophene rings is 1. The molecule has 0 saturated heterocycles. The van der Waals surface area contributed by atoms with Crippen LogP contribution in [0.2, 0.25) is 0 Å². The Morgan fingerprint density at radius 2 is 1.66 bits per heavy atom.